The summed E-state index contributed by atoms with van der Waals surface area (Å²) in [7, 11) is 0. The minimum Gasteiger partial charge on any atom is -0.330 e. The minimum atomic E-state index is 0.461. The predicted octanol–water partition coefficient (Wildman–Crippen LogP) is 2.47. The molecule has 0 saturated heterocycles. The van der Waals surface area contributed by atoms with Crippen molar-refractivity contribution in [3.63, 3.8) is 0 Å². The van der Waals surface area contributed by atoms with Gasteiger partial charge in [-0.15, -0.1) is 0 Å². The molecule has 3 rings (SSSR count). The van der Waals surface area contributed by atoms with Crippen molar-refractivity contribution in [2.24, 2.45) is 11.1 Å². The number of hydrogen-bond donors (Lipinski definition) is 1. The van der Waals surface area contributed by atoms with Gasteiger partial charge in [-0.25, -0.2) is 4.98 Å². The van der Waals surface area contributed by atoms with Crippen LogP contribution in [0.4, 0.5) is 0 Å². The first kappa shape index (κ1) is 10.8. The van der Waals surface area contributed by atoms with Gasteiger partial charge in [0.15, 0.2) is 0 Å². The summed E-state index contributed by atoms with van der Waals surface area (Å²) in [5, 5.41) is 0. The minimum absolute atomic E-state index is 0.461. The van der Waals surface area contributed by atoms with E-state index >= 15 is 0 Å². The third-order valence-electron chi connectivity index (χ3n) is 3.97. The van der Waals surface area contributed by atoms with Crippen LogP contribution in [0.5, 0.6) is 0 Å². The maximum absolute atomic E-state index is 5.71. The lowest BCUT2D eigenvalue weighted by Gasteiger charge is -2.16. The van der Waals surface area contributed by atoms with E-state index in [9.17, 15) is 0 Å². The number of nitrogens with two attached hydrogens (primary N) is 1. The van der Waals surface area contributed by atoms with E-state index in [4.69, 9.17) is 5.73 Å². The molecule has 0 aliphatic heterocycles. The Kier molecular flexibility index (Phi) is 2.44. The molecule has 1 saturated carbocycles. The van der Waals surface area contributed by atoms with E-state index in [1.54, 1.807) is 0 Å². The van der Waals surface area contributed by atoms with E-state index in [0.717, 1.165) is 30.9 Å². The van der Waals surface area contributed by atoms with Crippen LogP contribution in [-0.2, 0) is 6.54 Å². The molecule has 0 radical (unpaired) electrons. The standard InChI is InChI=1S/C14H19N3/c1-11-16-12-4-2-3-5-13(12)17(11)10-14(6-7-14)8-9-15/h2-5H,6-10,15H2,1H3. The summed E-state index contributed by atoms with van der Waals surface area (Å²) in [6.07, 6.45) is 3.77. The van der Waals surface area contributed by atoms with Crippen molar-refractivity contribution >= 4 is 11.0 Å². The summed E-state index contributed by atoms with van der Waals surface area (Å²) in [6, 6.07) is 8.38. The van der Waals surface area contributed by atoms with Gasteiger partial charge < -0.3 is 10.3 Å². The number of imidazole rings is 1. The Bertz CT molecular complexity index is 537. The van der Waals surface area contributed by atoms with Gasteiger partial charge in [0.05, 0.1) is 11.0 Å². The fourth-order valence-electron chi connectivity index (χ4n) is 2.70. The van der Waals surface area contributed by atoms with E-state index < -0.39 is 0 Å². The summed E-state index contributed by atoms with van der Waals surface area (Å²) >= 11 is 0. The number of rotatable bonds is 4. The molecule has 2 aromatic rings. The lowest BCUT2D eigenvalue weighted by molar-refractivity contribution is 0.399. The number of benzene rings is 1. The van der Waals surface area contributed by atoms with Gasteiger partial charge in [-0.2, -0.15) is 0 Å². The van der Waals surface area contributed by atoms with Crippen LogP contribution >= 0.6 is 0 Å². The van der Waals surface area contributed by atoms with Gasteiger partial charge in [0.2, 0.25) is 0 Å². The Hall–Kier alpha value is -1.35. The average Bonchev–Trinajstić information content (AvgIpc) is 3.00. The van der Waals surface area contributed by atoms with Gasteiger partial charge in [-0.3, -0.25) is 0 Å². The molecule has 3 nitrogen and oxygen atoms in total. The topological polar surface area (TPSA) is 43.8 Å². The molecule has 1 aliphatic rings. The number of para-hydroxylation sites is 2. The summed E-state index contributed by atoms with van der Waals surface area (Å²) in [6.45, 7) is 3.97. The maximum atomic E-state index is 5.71. The summed E-state index contributed by atoms with van der Waals surface area (Å²) in [5.41, 5.74) is 8.53. The van der Waals surface area contributed by atoms with Crippen molar-refractivity contribution in [3.8, 4) is 0 Å². The van der Waals surface area contributed by atoms with Crippen LogP contribution in [0, 0.1) is 12.3 Å². The van der Waals surface area contributed by atoms with E-state index in [1.165, 1.54) is 18.4 Å². The fourth-order valence-corrected chi connectivity index (χ4v) is 2.70. The highest BCUT2D eigenvalue weighted by Crippen LogP contribution is 2.50. The van der Waals surface area contributed by atoms with Crippen LogP contribution in [0.15, 0.2) is 24.3 Å². The van der Waals surface area contributed by atoms with Crippen LogP contribution in [0.3, 0.4) is 0 Å². The first-order chi connectivity index (χ1) is 8.24. The molecular formula is C14H19N3. The first-order valence-corrected chi connectivity index (χ1v) is 6.36. The third kappa shape index (κ3) is 1.84. The molecule has 17 heavy (non-hydrogen) atoms. The van der Waals surface area contributed by atoms with Crippen molar-refractivity contribution in [1.29, 1.82) is 0 Å². The van der Waals surface area contributed by atoms with Gasteiger partial charge in [0, 0.05) is 6.54 Å². The lowest BCUT2D eigenvalue weighted by atomic mass is 10.0. The fraction of sp³-hybridized carbons (Fsp3) is 0.500. The second-order valence-corrected chi connectivity index (χ2v) is 5.27. The molecule has 0 amide bonds. The van der Waals surface area contributed by atoms with E-state index in [2.05, 4.69) is 34.7 Å². The number of fused-ring (bicyclic) bond motifs is 1. The highest BCUT2D eigenvalue weighted by molar-refractivity contribution is 5.75. The van der Waals surface area contributed by atoms with Crippen LogP contribution in [0.2, 0.25) is 0 Å². The monoisotopic (exact) mass is 229 g/mol. The zero-order valence-electron chi connectivity index (χ0n) is 10.3. The van der Waals surface area contributed by atoms with Crippen molar-refractivity contribution in [2.45, 2.75) is 32.7 Å². The second kappa shape index (κ2) is 3.84. The van der Waals surface area contributed by atoms with Crippen molar-refractivity contribution in [1.82, 2.24) is 9.55 Å². The molecular weight excluding hydrogens is 210 g/mol. The normalized spacial score (nSPS) is 17.5. The van der Waals surface area contributed by atoms with Crippen molar-refractivity contribution in [2.75, 3.05) is 6.54 Å². The molecule has 1 aromatic heterocycles. The van der Waals surface area contributed by atoms with E-state index in [-0.39, 0.29) is 0 Å². The maximum Gasteiger partial charge on any atom is 0.106 e. The molecule has 0 spiro atoms. The molecule has 90 valence electrons. The summed E-state index contributed by atoms with van der Waals surface area (Å²) < 4.78 is 2.36. The van der Waals surface area contributed by atoms with Gasteiger partial charge >= 0.3 is 0 Å². The van der Waals surface area contributed by atoms with Crippen LogP contribution in [0.25, 0.3) is 11.0 Å². The molecule has 0 unspecified atom stereocenters. The Labute approximate surface area is 102 Å². The van der Waals surface area contributed by atoms with Crippen molar-refractivity contribution in [3.05, 3.63) is 30.1 Å². The number of hydrogen-bond acceptors (Lipinski definition) is 2. The quantitative estimate of drug-likeness (QED) is 0.875. The molecule has 1 aromatic carbocycles. The smallest absolute Gasteiger partial charge is 0.106 e. The Morgan fingerprint density at radius 3 is 2.82 bits per heavy atom. The van der Waals surface area contributed by atoms with Crippen molar-refractivity contribution < 1.29 is 0 Å². The first-order valence-electron chi connectivity index (χ1n) is 6.36. The number of aryl methyl sites for hydroxylation is 1. The summed E-state index contributed by atoms with van der Waals surface area (Å²) in [4.78, 5) is 4.62. The highest BCUT2D eigenvalue weighted by atomic mass is 15.1. The Morgan fingerprint density at radius 1 is 1.35 bits per heavy atom. The largest absolute Gasteiger partial charge is 0.330 e. The molecule has 0 bridgehead atoms. The van der Waals surface area contributed by atoms with Gasteiger partial charge in [-0.05, 0) is 50.3 Å². The zero-order valence-corrected chi connectivity index (χ0v) is 10.3. The van der Waals surface area contributed by atoms with E-state index in [0.29, 0.717) is 5.41 Å². The molecule has 1 heterocycles. The Balaban J connectivity index is 1.97. The SMILES string of the molecule is Cc1nc2ccccc2n1CC1(CCN)CC1. The number of aromatic nitrogens is 2. The zero-order chi connectivity index (χ0) is 11.9. The molecule has 3 heteroatoms. The van der Waals surface area contributed by atoms with E-state index in [1.807, 2.05) is 6.07 Å². The van der Waals surface area contributed by atoms with Crippen LogP contribution in [0.1, 0.15) is 25.1 Å². The van der Waals surface area contributed by atoms with Gasteiger partial charge in [0.25, 0.3) is 0 Å². The van der Waals surface area contributed by atoms with Crippen LogP contribution < -0.4 is 5.73 Å². The molecule has 1 aliphatic carbocycles. The highest BCUT2D eigenvalue weighted by Gasteiger charge is 2.42. The van der Waals surface area contributed by atoms with Crippen LogP contribution in [-0.4, -0.2) is 16.1 Å². The molecule has 1 fully saturated rings. The second-order valence-electron chi connectivity index (χ2n) is 5.27. The van der Waals surface area contributed by atoms with Gasteiger partial charge in [0.1, 0.15) is 5.82 Å². The average molecular weight is 229 g/mol. The Morgan fingerprint density at radius 2 is 2.12 bits per heavy atom. The molecule has 0 atom stereocenters. The van der Waals surface area contributed by atoms with Gasteiger partial charge in [-0.1, -0.05) is 12.1 Å². The number of nitrogens with zero attached hydrogens (tertiary/aromatic N) is 2. The summed E-state index contributed by atoms with van der Waals surface area (Å²) in [5.74, 6) is 1.12. The third-order valence-corrected chi connectivity index (χ3v) is 3.97. The molecule has 2 N–H and O–H groups in total. The predicted molar refractivity (Wildman–Crippen MR) is 69.8 cm³/mol. The lowest BCUT2D eigenvalue weighted by Crippen LogP contribution is -2.17.